The largest absolute Gasteiger partial charge is 0.497 e. The molecule has 3 amide bonds. The van der Waals surface area contributed by atoms with Gasteiger partial charge in [0.1, 0.15) is 22.8 Å². The molecule has 0 aliphatic heterocycles. The lowest BCUT2D eigenvalue weighted by Crippen LogP contribution is -2.43. The number of hydrogen-bond donors (Lipinski definition) is 3. The minimum atomic E-state index is -0.682. The second-order valence-corrected chi connectivity index (χ2v) is 8.46. The van der Waals surface area contributed by atoms with Gasteiger partial charge in [-0.1, -0.05) is 60.1 Å². The molecule has 0 bridgehead atoms. The van der Waals surface area contributed by atoms with E-state index in [-0.39, 0.29) is 23.7 Å². The molecule has 0 saturated heterocycles. The number of carbonyl (C=O) groups excluding carboxylic acids is 3. The first-order valence-electron chi connectivity index (χ1n) is 11.3. The maximum Gasteiger partial charge on any atom is 0.289 e. The molecule has 0 radical (unpaired) electrons. The third-order valence-electron chi connectivity index (χ3n) is 5.46. The van der Waals surface area contributed by atoms with Gasteiger partial charge < -0.3 is 4.74 Å². The number of amides is 3. The number of benzene rings is 3. The molecular weight excluding hydrogens is 494 g/mol. The van der Waals surface area contributed by atoms with E-state index in [9.17, 15) is 14.4 Å². The fourth-order valence-electron chi connectivity index (χ4n) is 3.75. The molecule has 1 aromatic heterocycles. The van der Waals surface area contributed by atoms with Gasteiger partial charge >= 0.3 is 0 Å². The minimum Gasteiger partial charge on any atom is -0.497 e. The Morgan fingerprint density at radius 3 is 2.38 bits per heavy atom. The summed E-state index contributed by atoms with van der Waals surface area (Å²) in [7, 11) is 1.52. The first kappa shape index (κ1) is 25.5. The predicted octanol–water partition coefficient (Wildman–Crippen LogP) is 4.43. The van der Waals surface area contributed by atoms with Crippen LogP contribution in [0.15, 0.2) is 78.9 Å². The number of methoxy groups -OCH3 is 1. The van der Waals surface area contributed by atoms with Crippen LogP contribution in [0.25, 0.3) is 11.3 Å². The molecule has 10 heteroatoms. The highest BCUT2D eigenvalue weighted by Crippen LogP contribution is 2.38. The number of anilines is 2. The van der Waals surface area contributed by atoms with E-state index in [0.29, 0.717) is 27.7 Å². The van der Waals surface area contributed by atoms with E-state index in [1.807, 2.05) is 30.3 Å². The van der Waals surface area contributed by atoms with Gasteiger partial charge in [0.25, 0.3) is 5.91 Å². The molecule has 0 aliphatic rings. The Labute approximate surface area is 218 Å². The summed E-state index contributed by atoms with van der Waals surface area (Å²) in [6.45, 7) is 1.38. The standard InChI is InChI=1S/C27H24ClN5O4/c1-17(34)33(21-9-6-10-22(16-21)37-2)26-24(19-11-13-20(28)14-12-19)30-31-25(26)27(36)32-29-23(35)15-18-7-4-3-5-8-18/h3-14,16H,15H2,1-2H3,(H,29,35)(H,30,31)(H,32,36). The highest BCUT2D eigenvalue weighted by atomic mass is 35.5. The Bertz CT molecular complexity index is 1420. The number of hydrogen-bond acceptors (Lipinski definition) is 5. The van der Waals surface area contributed by atoms with Gasteiger partial charge in [0, 0.05) is 23.6 Å². The van der Waals surface area contributed by atoms with Crippen molar-refractivity contribution in [2.45, 2.75) is 13.3 Å². The van der Waals surface area contributed by atoms with Crippen LogP contribution in [-0.4, -0.2) is 35.0 Å². The van der Waals surface area contributed by atoms with Gasteiger partial charge in [0.05, 0.1) is 19.2 Å². The van der Waals surface area contributed by atoms with E-state index < -0.39 is 11.8 Å². The van der Waals surface area contributed by atoms with Crippen LogP contribution in [0.1, 0.15) is 23.0 Å². The van der Waals surface area contributed by atoms with Crippen LogP contribution in [-0.2, 0) is 16.0 Å². The quantitative estimate of drug-likeness (QED) is 0.314. The average molecular weight is 518 g/mol. The molecule has 0 unspecified atom stereocenters. The van der Waals surface area contributed by atoms with Crippen molar-refractivity contribution in [2.75, 3.05) is 12.0 Å². The molecule has 3 N–H and O–H groups in total. The van der Waals surface area contributed by atoms with Crippen LogP contribution >= 0.6 is 11.6 Å². The van der Waals surface area contributed by atoms with Gasteiger partial charge in [-0.15, -0.1) is 0 Å². The molecule has 0 fully saturated rings. The molecule has 4 aromatic rings. The first-order chi connectivity index (χ1) is 17.9. The Balaban J connectivity index is 1.70. The summed E-state index contributed by atoms with van der Waals surface area (Å²) in [4.78, 5) is 39.9. The summed E-state index contributed by atoms with van der Waals surface area (Å²) in [5, 5.41) is 7.58. The Morgan fingerprint density at radius 2 is 1.70 bits per heavy atom. The Kier molecular flexibility index (Phi) is 7.85. The molecule has 0 saturated carbocycles. The highest BCUT2D eigenvalue weighted by Gasteiger charge is 2.29. The number of hydrazine groups is 1. The van der Waals surface area contributed by atoms with Crippen molar-refractivity contribution >= 4 is 40.7 Å². The average Bonchev–Trinajstić information content (AvgIpc) is 3.33. The van der Waals surface area contributed by atoms with E-state index >= 15 is 0 Å². The minimum absolute atomic E-state index is 0.0250. The van der Waals surface area contributed by atoms with E-state index in [2.05, 4.69) is 21.0 Å². The predicted molar refractivity (Wildman–Crippen MR) is 141 cm³/mol. The second-order valence-electron chi connectivity index (χ2n) is 8.02. The lowest BCUT2D eigenvalue weighted by Gasteiger charge is -2.23. The van der Waals surface area contributed by atoms with Crippen molar-refractivity contribution in [3.8, 4) is 17.0 Å². The van der Waals surface area contributed by atoms with E-state index in [1.165, 1.54) is 18.9 Å². The van der Waals surface area contributed by atoms with Gasteiger partial charge in [-0.25, -0.2) is 0 Å². The number of ether oxygens (including phenoxy) is 1. The number of aromatic nitrogens is 2. The summed E-state index contributed by atoms with van der Waals surface area (Å²) < 4.78 is 5.32. The molecular formula is C27H24ClN5O4. The fourth-order valence-corrected chi connectivity index (χ4v) is 3.88. The molecule has 9 nitrogen and oxygen atoms in total. The molecule has 0 aliphatic carbocycles. The lowest BCUT2D eigenvalue weighted by molar-refractivity contribution is -0.121. The normalized spacial score (nSPS) is 10.5. The summed E-state index contributed by atoms with van der Waals surface area (Å²) in [5.74, 6) is -0.931. The second kappa shape index (κ2) is 11.4. The smallest absolute Gasteiger partial charge is 0.289 e. The number of nitrogens with zero attached hydrogens (tertiary/aromatic N) is 2. The van der Waals surface area contributed by atoms with Gasteiger partial charge in [0.2, 0.25) is 11.8 Å². The van der Waals surface area contributed by atoms with E-state index in [0.717, 1.165) is 5.56 Å². The number of nitrogens with one attached hydrogen (secondary N) is 3. The van der Waals surface area contributed by atoms with Gasteiger partial charge in [-0.3, -0.25) is 35.2 Å². The number of H-pyrrole nitrogens is 1. The zero-order valence-electron chi connectivity index (χ0n) is 20.1. The Morgan fingerprint density at radius 1 is 0.973 bits per heavy atom. The summed E-state index contributed by atoms with van der Waals surface area (Å²) in [6.07, 6.45) is 0.0797. The molecule has 3 aromatic carbocycles. The SMILES string of the molecule is COc1cccc(N(C(C)=O)c2c(-c3ccc(Cl)cc3)n[nH]c2C(=O)NNC(=O)Cc2ccccc2)c1. The number of carbonyl (C=O) groups is 3. The van der Waals surface area contributed by atoms with Crippen molar-refractivity contribution in [1.82, 2.24) is 21.0 Å². The maximum atomic E-state index is 13.2. The summed E-state index contributed by atoms with van der Waals surface area (Å²) >= 11 is 6.05. The summed E-state index contributed by atoms with van der Waals surface area (Å²) in [5.41, 5.74) is 7.22. The zero-order chi connectivity index (χ0) is 26.4. The van der Waals surface area contributed by atoms with Crippen LogP contribution in [0, 0.1) is 0 Å². The molecule has 0 atom stereocenters. The fraction of sp³-hybridized carbons (Fsp3) is 0.111. The van der Waals surface area contributed by atoms with Crippen LogP contribution in [0.3, 0.4) is 0 Å². The van der Waals surface area contributed by atoms with Crippen LogP contribution in [0.2, 0.25) is 5.02 Å². The number of aromatic amines is 1. The first-order valence-corrected chi connectivity index (χ1v) is 11.7. The van der Waals surface area contributed by atoms with E-state index in [1.54, 1.807) is 48.5 Å². The van der Waals surface area contributed by atoms with Crippen LogP contribution < -0.4 is 20.5 Å². The van der Waals surface area contributed by atoms with Crippen molar-refractivity contribution < 1.29 is 19.1 Å². The zero-order valence-corrected chi connectivity index (χ0v) is 20.9. The third-order valence-corrected chi connectivity index (χ3v) is 5.71. The molecule has 4 rings (SSSR count). The van der Waals surface area contributed by atoms with Gasteiger partial charge in [-0.05, 0) is 29.8 Å². The lowest BCUT2D eigenvalue weighted by atomic mass is 10.1. The van der Waals surface area contributed by atoms with Crippen molar-refractivity contribution in [3.05, 3.63) is 95.1 Å². The summed E-state index contributed by atoms with van der Waals surface area (Å²) in [6, 6.07) is 22.8. The molecule has 37 heavy (non-hydrogen) atoms. The molecule has 1 heterocycles. The number of rotatable bonds is 7. The highest BCUT2D eigenvalue weighted by molar-refractivity contribution is 6.30. The van der Waals surface area contributed by atoms with E-state index in [4.69, 9.17) is 16.3 Å². The molecule has 0 spiro atoms. The van der Waals surface area contributed by atoms with Crippen molar-refractivity contribution in [3.63, 3.8) is 0 Å². The topological polar surface area (TPSA) is 116 Å². The van der Waals surface area contributed by atoms with Crippen LogP contribution in [0.4, 0.5) is 11.4 Å². The van der Waals surface area contributed by atoms with Gasteiger partial charge in [-0.2, -0.15) is 5.10 Å². The van der Waals surface area contributed by atoms with Crippen molar-refractivity contribution in [2.24, 2.45) is 0 Å². The molecule has 188 valence electrons. The van der Waals surface area contributed by atoms with Crippen molar-refractivity contribution in [1.29, 1.82) is 0 Å². The maximum absolute atomic E-state index is 13.2. The van der Waals surface area contributed by atoms with Crippen LogP contribution in [0.5, 0.6) is 5.75 Å². The number of halogens is 1. The third kappa shape index (κ3) is 5.96. The monoisotopic (exact) mass is 517 g/mol. The van der Waals surface area contributed by atoms with Gasteiger partial charge in [0.15, 0.2) is 0 Å². The Hall–Kier alpha value is -4.63.